The average molecular weight is 301 g/mol. The zero-order valence-electron chi connectivity index (χ0n) is 12.9. The number of hydrogen-bond acceptors (Lipinski definition) is 5. The largest absolute Gasteiger partial charge is 0.476 e. The van der Waals surface area contributed by atoms with Gasteiger partial charge in [-0.2, -0.15) is 4.98 Å². The van der Waals surface area contributed by atoms with Crippen molar-refractivity contribution < 1.29 is 14.3 Å². The van der Waals surface area contributed by atoms with Crippen molar-refractivity contribution in [3.63, 3.8) is 0 Å². The number of aryl methyl sites for hydroxylation is 1. The summed E-state index contributed by atoms with van der Waals surface area (Å²) >= 11 is 0. The highest BCUT2D eigenvalue weighted by Gasteiger charge is 2.13. The summed E-state index contributed by atoms with van der Waals surface area (Å²) in [6.45, 7) is 6.54. The van der Waals surface area contributed by atoms with E-state index in [4.69, 9.17) is 9.47 Å². The number of amides is 1. The van der Waals surface area contributed by atoms with Crippen molar-refractivity contribution in [3.8, 4) is 11.9 Å². The molecular weight excluding hydrogens is 282 g/mol. The van der Waals surface area contributed by atoms with Gasteiger partial charge in [-0.3, -0.25) is 4.79 Å². The van der Waals surface area contributed by atoms with Crippen molar-refractivity contribution in [1.29, 1.82) is 0 Å². The van der Waals surface area contributed by atoms with Crippen molar-refractivity contribution in [2.45, 2.75) is 20.8 Å². The summed E-state index contributed by atoms with van der Waals surface area (Å²) in [5.41, 5.74) is 2.06. The van der Waals surface area contributed by atoms with Gasteiger partial charge in [0.05, 0.1) is 19.4 Å². The van der Waals surface area contributed by atoms with E-state index in [1.54, 1.807) is 12.1 Å². The van der Waals surface area contributed by atoms with Crippen molar-refractivity contribution in [1.82, 2.24) is 9.97 Å². The lowest BCUT2D eigenvalue weighted by Gasteiger charge is -2.11. The first-order chi connectivity index (χ1) is 10.6. The summed E-state index contributed by atoms with van der Waals surface area (Å²) in [6, 6.07) is 7.51. The minimum atomic E-state index is -0.242. The van der Waals surface area contributed by atoms with Crippen LogP contribution in [0.15, 0.2) is 30.5 Å². The van der Waals surface area contributed by atoms with Crippen LogP contribution in [0.25, 0.3) is 0 Å². The van der Waals surface area contributed by atoms with Crippen LogP contribution in [0.1, 0.15) is 29.8 Å². The molecule has 0 saturated carbocycles. The van der Waals surface area contributed by atoms with Gasteiger partial charge in [-0.05, 0) is 32.9 Å². The van der Waals surface area contributed by atoms with Crippen LogP contribution in [0.4, 0.5) is 5.69 Å². The Kier molecular flexibility index (Phi) is 5.30. The van der Waals surface area contributed by atoms with Crippen LogP contribution in [-0.4, -0.2) is 29.1 Å². The quantitative estimate of drug-likeness (QED) is 0.888. The number of aromatic nitrogens is 2. The molecule has 116 valence electrons. The highest BCUT2D eigenvalue weighted by atomic mass is 16.5. The van der Waals surface area contributed by atoms with Gasteiger partial charge < -0.3 is 14.8 Å². The average Bonchev–Trinajstić information content (AvgIpc) is 2.51. The third kappa shape index (κ3) is 3.94. The Hall–Kier alpha value is -2.63. The minimum Gasteiger partial charge on any atom is -0.476 e. The molecule has 6 nitrogen and oxygen atoms in total. The number of rotatable bonds is 6. The van der Waals surface area contributed by atoms with Gasteiger partial charge in [0, 0.05) is 5.56 Å². The molecule has 22 heavy (non-hydrogen) atoms. The third-order valence-electron chi connectivity index (χ3n) is 2.85. The zero-order chi connectivity index (χ0) is 15.9. The SMILES string of the molecule is CCOc1ncc(NC(=O)c2ccc(C)cc2)c(OCC)n1. The molecule has 1 heterocycles. The summed E-state index contributed by atoms with van der Waals surface area (Å²) in [6.07, 6.45) is 1.48. The van der Waals surface area contributed by atoms with Gasteiger partial charge in [0.2, 0.25) is 5.88 Å². The van der Waals surface area contributed by atoms with Crippen LogP contribution in [0.5, 0.6) is 11.9 Å². The van der Waals surface area contributed by atoms with Crippen LogP contribution < -0.4 is 14.8 Å². The number of nitrogens with one attached hydrogen (secondary N) is 1. The summed E-state index contributed by atoms with van der Waals surface area (Å²) in [7, 11) is 0. The Morgan fingerprint density at radius 1 is 1.14 bits per heavy atom. The number of carbonyl (C=O) groups is 1. The molecule has 6 heteroatoms. The van der Waals surface area contributed by atoms with Gasteiger partial charge in [0.25, 0.3) is 5.91 Å². The fourth-order valence-electron chi connectivity index (χ4n) is 1.78. The molecule has 0 aliphatic carbocycles. The monoisotopic (exact) mass is 301 g/mol. The number of carbonyl (C=O) groups excluding carboxylic acids is 1. The minimum absolute atomic E-state index is 0.222. The predicted molar refractivity (Wildman–Crippen MR) is 83.5 cm³/mol. The fourth-order valence-corrected chi connectivity index (χ4v) is 1.78. The second-order valence-electron chi connectivity index (χ2n) is 4.56. The Morgan fingerprint density at radius 2 is 1.82 bits per heavy atom. The topological polar surface area (TPSA) is 73.3 Å². The molecule has 0 fully saturated rings. The number of benzene rings is 1. The Morgan fingerprint density at radius 3 is 2.45 bits per heavy atom. The second-order valence-corrected chi connectivity index (χ2v) is 4.56. The van der Waals surface area contributed by atoms with Gasteiger partial charge >= 0.3 is 6.01 Å². The molecule has 2 aromatic rings. The number of anilines is 1. The summed E-state index contributed by atoms with van der Waals surface area (Å²) in [5.74, 6) is 0.0510. The van der Waals surface area contributed by atoms with E-state index in [9.17, 15) is 4.79 Å². The predicted octanol–water partition coefficient (Wildman–Crippen LogP) is 2.83. The van der Waals surface area contributed by atoms with E-state index >= 15 is 0 Å². The van der Waals surface area contributed by atoms with Gasteiger partial charge in [-0.25, -0.2) is 4.98 Å². The lowest BCUT2D eigenvalue weighted by atomic mass is 10.1. The van der Waals surface area contributed by atoms with Crippen molar-refractivity contribution in [2.75, 3.05) is 18.5 Å². The summed E-state index contributed by atoms with van der Waals surface area (Å²) in [5, 5.41) is 2.76. The standard InChI is InChI=1S/C16H19N3O3/c1-4-21-15-13(10-17-16(19-15)22-5-2)18-14(20)12-8-6-11(3)7-9-12/h6-10H,4-5H2,1-3H3,(H,18,20). The van der Waals surface area contributed by atoms with Gasteiger partial charge in [-0.1, -0.05) is 17.7 Å². The van der Waals surface area contributed by atoms with Crippen LogP contribution in [-0.2, 0) is 0 Å². The third-order valence-corrected chi connectivity index (χ3v) is 2.85. The lowest BCUT2D eigenvalue weighted by molar-refractivity contribution is 0.102. The van der Waals surface area contributed by atoms with E-state index in [-0.39, 0.29) is 11.9 Å². The Labute approximate surface area is 129 Å². The van der Waals surface area contributed by atoms with Gasteiger partial charge in [-0.15, -0.1) is 0 Å². The maximum atomic E-state index is 12.2. The first-order valence-electron chi connectivity index (χ1n) is 7.14. The van der Waals surface area contributed by atoms with Crippen molar-refractivity contribution >= 4 is 11.6 Å². The molecule has 0 aliphatic heterocycles. The van der Waals surface area contributed by atoms with Crippen molar-refractivity contribution in [3.05, 3.63) is 41.6 Å². The molecule has 1 aromatic heterocycles. The van der Waals surface area contributed by atoms with Crippen LogP contribution >= 0.6 is 0 Å². The maximum absolute atomic E-state index is 12.2. The van der Waals surface area contributed by atoms with E-state index in [1.165, 1.54) is 6.20 Å². The lowest BCUT2D eigenvalue weighted by Crippen LogP contribution is -2.14. The highest BCUT2D eigenvalue weighted by molar-refractivity contribution is 6.04. The molecule has 0 spiro atoms. The maximum Gasteiger partial charge on any atom is 0.319 e. The highest BCUT2D eigenvalue weighted by Crippen LogP contribution is 2.23. The number of nitrogens with zero attached hydrogens (tertiary/aromatic N) is 2. The van der Waals surface area contributed by atoms with E-state index in [1.807, 2.05) is 32.9 Å². The first-order valence-corrected chi connectivity index (χ1v) is 7.14. The molecule has 0 atom stereocenters. The van der Waals surface area contributed by atoms with Gasteiger partial charge in [0.1, 0.15) is 5.69 Å². The van der Waals surface area contributed by atoms with E-state index in [2.05, 4.69) is 15.3 Å². The van der Waals surface area contributed by atoms with Crippen LogP contribution in [0.3, 0.4) is 0 Å². The molecule has 0 aliphatic rings. The van der Waals surface area contributed by atoms with E-state index in [0.717, 1.165) is 5.56 Å². The summed E-state index contributed by atoms with van der Waals surface area (Å²) in [4.78, 5) is 20.4. The molecule has 0 unspecified atom stereocenters. The smallest absolute Gasteiger partial charge is 0.319 e. The summed E-state index contributed by atoms with van der Waals surface area (Å²) < 4.78 is 10.7. The fraction of sp³-hybridized carbons (Fsp3) is 0.312. The molecule has 0 saturated heterocycles. The molecule has 2 rings (SSSR count). The van der Waals surface area contributed by atoms with Gasteiger partial charge in [0.15, 0.2) is 0 Å². The molecule has 1 amide bonds. The Bertz CT molecular complexity index is 642. The van der Waals surface area contributed by atoms with Crippen LogP contribution in [0.2, 0.25) is 0 Å². The molecule has 0 radical (unpaired) electrons. The zero-order valence-corrected chi connectivity index (χ0v) is 12.9. The molecule has 0 bridgehead atoms. The van der Waals surface area contributed by atoms with E-state index < -0.39 is 0 Å². The Balaban J connectivity index is 2.20. The van der Waals surface area contributed by atoms with E-state index in [0.29, 0.717) is 30.3 Å². The van der Waals surface area contributed by atoms with Crippen molar-refractivity contribution in [2.24, 2.45) is 0 Å². The molecule has 1 N–H and O–H groups in total. The van der Waals surface area contributed by atoms with Crippen LogP contribution in [0, 0.1) is 6.92 Å². The molecular formula is C16H19N3O3. The number of ether oxygens (including phenoxy) is 2. The molecule has 1 aromatic carbocycles. The number of hydrogen-bond donors (Lipinski definition) is 1. The normalized spacial score (nSPS) is 10.1. The second kappa shape index (κ2) is 7.40. The first kappa shape index (κ1) is 15.8.